The number of sulfone groups is 1. The van der Waals surface area contributed by atoms with Gasteiger partial charge in [-0.2, -0.15) is 13.2 Å². The molecule has 1 fully saturated rings. The lowest BCUT2D eigenvalue weighted by molar-refractivity contribution is -0.137. The fourth-order valence-corrected chi connectivity index (χ4v) is 3.76. The van der Waals surface area contributed by atoms with Crippen LogP contribution in [-0.2, 0) is 16.0 Å². The Morgan fingerprint density at radius 3 is 2.37 bits per heavy atom. The predicted octanol–water partition coefficient (Wildman–Crippen LogP) is 1.28. The second kappa shape index (κ2) is 4.68. The molecule has 1 aliphatic rings. The Hall–Kier alpha value is -1.28. The van der Waals surface area contributed by atoms with Crippen LogP contribution in [0.5, 0.6) is 0 Å². The number of alkyl halides is 3. The summed E-state index contributed by atoms with van der Waals surface area (Å²) in [6.45, 7) is 0. The van der Waals surface area contributed by atoms with E-state index in [1.54, 1.807) is 0 Å². The molecule has 2 atom stereocenters. The summed E-state index contributed by atoms with van der Waals surface area (Å²) in [4.78, 5) is 0. The second-order valence-electron chi connectivity index (χ2n) is 4.44. The molecule has 0 aliphatic carbocycles. The molecule has 1 heterocycles. The first-order chi connectivity index (χ1) is 8.69. The summed E-state index contributed by atoms with van der Waals surface area (Å²) in [6.07, 6.45) is -5.74. The minimum Gasteiger partial charge on any atom is -0.390 e. The lowest BCUT2D eigenvalue weighted by Crippen LogP contribution is -2.32. The molecule has 2 unspecified atom stereocenters. The maximum Gasteiger partial charge on any atom is 0.418 e. The molecular formula is C11H12F3NO3S. The minimum atomic E-state index is -4.54. The number of benzene rings is 1. The van der Waals surface area contributed by atoms with Gasteiger partial charge >= 0.3 is 6.18 Å². The number of hydrogen-bond acceptors (Lipinski definition) is 4. The molecule has 2 N–H and O–H groups in total. The normalized spacial score (nSPS) is 26.3. The van der Waals surface area contributed by atoms with E-state index in [4.69, 9.17) is 0 Å². The highest BCUT2D eigenvalue weighted by atomic mass is 32.2. The Morgan fingerprint density at radius 1 is 1.21 bits per heavy atom. The van der Waals surface area contributed by atoms with Gasteiger partial charge in [0.1, 0.15) is 0 Å². The second-order valence-corrected chi connectivity index (χ2v) is 6.59. The van der Waals surface area contributed by atoms with Crippen LogP contribution < -0.4 is 5.32 Å². The van der Waals surface area contributed by atoms with Gasteiger partial charge in [0.2, 0.25) is 0 Å². The lowest BCUT2D eigenvalue weighted by atomic mass is 10.1. The third-order valence-electron chi connectivity index (χ3n) is 2.90. The van der Waals surface area contributed by atoms with Crippen molar-refractivity contribution in [3.63, 3.8) is 0 Å². The smallest absolute Gasteiger partial charge is 0.390 e. The van der Waals surface area contributed by atoms with E-state index >= 15 is 0 Å². The van der Waals surface area contributed by atoms with Gasteiger partial charge in [0.05, 0.1) is 29.2 Å². The van der Waals surface area contributed by atoms with E-state index in [1.165, 1.54) is 18.2 Å². The Bertz CT molecular complexity index is 571. The number of anilines is 1. The molecule has 1 aliphatic heterocycles. The zero-order valence-electron chi connectivity index (χ0n) is 9.68. The molecule has 106 valence electrons. The number of rotatable bonds is 2. The van der Waals surface area contributed by atoms with Crippen LogP contribution in [0.25, 0.3) is 0 Å². The van der Waals surface area contributed by atoms with Crippen LogP contribution in [0, 0.1) is 0 Å². The molecule has 1 aromatic rings. The van der Waals surface area contributed by atoms with Crippen molar-refractivity contribution in [2.75, 3.05) is 16.8 Å². The van der Waals surface area contributed by atoms with Crippen molar-refractivity contribution in [2.24, 2.45) is 0 Å². The zero-order chi connectivity index (χ0) is 14.3. The van der Waals surface area contributed by atoms with E-state index in [1.807, 2.05) is 0 Å². The van der Waals surface area contributed by atoms with Crippen LogP contribution in [0.3, 0.4) is 0 Å². The average molecular weight is 295 g/mol. The van der Waals surface area contributed by atoms with Crippen LogP contribution in [0.2, 0.25) is 0 Å². The highest BCUT2D eigenvalue weighted by molar-refractivity contribution is 7.91. The van der Waals surface area contributed by atoms with Crippen molar-refractivity contribution in [3.05, 3.63) is 29.8 Å². The standard InChI is InChI=1S/C11H12F3NO3S/c12-11(13,14)7-3-1-2-4-8(7)15-9-5-19(17,18)6-10(9)16/h1-4,9-10,15-16H,5-6H2. The summed E-state index contributed by atoms with van der Waals surface area (Å²) >= 11 is 0. The lowest BCUT2D eigenvalue weighted by Gasteiger charge is -2.20. The number of para-hydroxylation sites is 1. The van der Waals surface area contributed by atoms with Gasteiger partial charge < -0.3 is 10.4 Å². The maximum absolute atomic E-state index is 12.8. The van der Waals surface area contributed by atoms with E-state index in [2.05, 4.69) is 5.32 Å². The maximum atomic E-state index is 12.8. The van der Waals surface area contributed by atoms with Crippen LogP contribution >= 0.6 is 0 Å². The van der Waals surface area contributed by atoms with Gasteiger partial charge in [-0.15, -0.1) is 0 Å². The van der Waals surface area contributed by atoms with Gasteiger partial charge in [0.15, 0.2) is 9.84 Å². The Labute approximate surface area is 108 Å². The van der Waals surface area contributed by atoms with Crippen molar-refractivity contribution in [1.29, 1.82) is 0 Å². The van der Waals surface area contributed by atoms with Crippen LogP contribution in [0.4, 0.5) is 18.9 Å². The Morgan fingerprint density at radius 2 is 1.84 bits per heavy atom. The number of nitrogens with one attached hydrogen (secondary N) is 1. The summed E-state index contributed by atoms with van der Waals surface area (Å²) in [7, 11) is -3.41. The molecule has 0 aromatic heterocycles. The monoisotopic (exact) mass is 295 g/mol. The predicted molar refractivity (Wildman–Crippen MR) is 63.5 cm³/mol. The highest BCUT2D eigenvalue weighted by Gasteiger charge is 2.39. The summed E-state index contributed by atoms with van der Waals surface area (Å²) < 4.78 is 60.9. The molecule has 0 radical (unpaired) electrons. The zero-order valence-corrected chi connectivity index (χ0v) is 10.5. The van der Waals surface area contributed by atoms with Gasteiger partial charge in [-0.3, -0.25) is 0 Å². The van der Waals surface area contributed by atoms with E-state index in [-0.39, 0.29) is 11.4 Å². The third-order valence-corrected chi connectivity index (χ3v) is 4.61. The van der Waals surface area contributed by atoms with Gasteiger partial charge in [-0.1, -0.05) is 12.1 Å². The van der Waals surface area contributed by atoms with Crippen molar-refractivity contribution >= 4 is 15.5 Å². The van der Waals surface area contributed by atoms with Crippen molar-refractivity contribution in [2.45, 2.75) is 18.3 Å². The van der Waals surface area contributed by atoms with E-state index < -0.39 is 39.5 Å². The molecule has 2 rings (SSSR count). The van der Waals surface area contributed by atoms with Crippen LogP contribution in [-0.4, -0.2) is 37.2 Å². The Kier molecular flexibility index (Phi) is 3.48. The summed E-state index contributed by atoms with van der Waals surface area (Å²) in [6, 6.07) is 3.84. The first-order valence-electron chi connectivity index (χ1n) is 5.50. The first-order valence-corrected chi connectivity index (χ1v) is 7.32. The number of aliphatic hydroxyl groups is 1. The molecule has 1 saturated heterocycles. The fourth-order valence-electron chi connectivity index (χ4n) is 2.02. The molecule has 0 saturated carbocycles. The van der Waals surface area contributed by atoms with E-state index in [0.717, 1.165) is 6.07 Å². The molecule has 19 heavy (non-hydrogen) atoms. The molecule has 8 heteroatoms. The minimum absolute atomic E-state index is 0.226. The molecule has 0 amide bonds. The largest absolute Gasteiger partial charge is 0.418 e. The summed E-state index contributed by atoms with van der Waals surface area (Å²) in [5.41, 5.74) is -1.11. The van der Waals surface area contributed by atoms with Crippen molar-refractivity contribution < 1.29 is 26.7 Å². The summed E-state index contributed by atoms with van der Waals surface area (Å²) in [5, 5.41) is 12.0. The SMILES string of the molecule is O=S1(=O)CC(O)C(Nc2ccccc2C(F)(F)F)C1. The van der Waals surface area contributed by atoms with Crippen LogP contribution in [0.1, 0.15) is 5.56 Å². The number of aliphatic hydroxyl groups excluding tert-OH is 1. The fraction of sp³-hybridized carbons (Fsp3) is 0.455. The average Bonchev–Trinajstić information content (AvgIpc) is 2.51. The molecule has 0 spiro atoms. The highest BCUT2D eigenvalue weighted by Crippen LogP contribution is 2.35. The summed E-state index contributed by atoms with van der Waals surface area (Å²) in [5.74, 6) is -0.806. The molecule has 0 bridgehead atoms. The van der Waals surface area contributed by atoms with Crippen LogP contribution in [0.15, 0.2) is 24.3 Å². The molecule has 1 aromatic carbocycles. The number of halogens is 3. The van der Waals surface area contributed by atoms with E-state index in [0.29, 0.717) is 0 Å². The molecule has 4 nitrogen and oxygen atoms in total. The van der Waals surface area contributed by atoms with Crippen molar-refractivity contribution in [3.8, 4) is 0 Å². The third kappa shape index (κ3) is 3.19. The number of hydrogen-bond donors (Lipinski definition) is 2. The van der Waals surface area contributed by atoms with Gasteiger partial charge in [-0.05, 0) is 12.1 Å². The van der Waals surface area contributed by atoms with Gasteiger partial charge in [0, 0.05) is 5.69 Å². The van der Waals surface area contributed by atoms with Crippen molar-refractivity contribution in [1.82, 2.24) is 0 Å². The van der Waals surface area contributed by atoms with Gasteiger partial charge in [0.25, 0.3) is 0 Å². The topological polar surface area (TPSA) is 66.4 Å². The van der Waals surface area contributed by atoms with Gasteiger partial charge in [-0.25, -0.2) is 8.42 Å². The Balaban J connectivity index is 2.26. The molecular weight excluding hydrogens is 283 g/mol. The first kappa shape index (κ1) is 14.1. The van der Waals surface area contributed by atoms with E-state index in [9.17, 15) is 26.7 Å². The quantitative estimate of drug-likeness (QED) is 0.862.